The van der Waals surface area contributed by atoms with E-state index in [1.165, 1.54) is 31.4 Å². The monoisotopic (exact) mass is 461 g/mol. The average Bonchev–Trinajstić information content (AvgIpc) is 2.86. The minimum absolute atomic E-state index is 0.0325. The van der Waals surface area contributed by atoms with Gasteiger partial charge in [-0.1, -0.05) is 24.3 Å². The lowest BCUT2D eigenvalue weighted by Crippen LogP contribution is -2.35. The Morgan fingerprint density at radius 2 is 1.41 bits per heavy atom. The van der Waals surface area contributed by atoms with Crippen molar-refractivity contribution in [1.82, 2.24) is 5.32 Å². The highest BCUT2D eigenvalue weighted by molar-refractivity contribution is 6.36. The molecule has 3 N–H and O–H groups in total. The highest BCUT2D eigenvalue weighted by atomic mass is 16.5. The van der Waals surface area contributed by atoms with Gasteiger partial charge in [-0.3, -0.25) is 19.2 Å². The number of methoxy groups -OCH3 is 1. The van der Waals surface area contributed by atoms with Crippen molar-refractivity contribution >= 4 is 23.1 Å². The lowest BCUT2D eigenvalue weighted by atomic mass is 9.74. The number of nitrogens with one attached hydrogen (secondary N) is 1. The van der Waals surface area contributed by atoms with Crippen LogP contribution in [0.4, 0.5) is 0 Å². The average molecular weight is 461 g/mol. The quantitative estimate of drug-likeness (QED) is 0.545. The van der Waals surface area contributed by atoms with Crippen LogP contribution >= 0.6 is 0 Å². The number of carbonyl (C=O) groups is 4. The topological polar surface area (TPSA) is 130 Å². The van der Waals surface area contributed by atoms with Crippen LogP contribution in [0.3, 0.4) is 0 Å². The fraction of sp³-hybridized carbons (Fsp3) is 0.231. The van der Waals surface area contributed by atoms with Gasteiger partial charge in [0.2, 0.25) is 5.78 Å². The van der Waals surface area contributed by atoms with Gasteiger partial charge in [-0.2, -0.15) is 0 Å². The summed E-state index contributed by atoms with van der Waals surface area (Å²) < 4.78 is 5.19. The van der Waals surface area contributed by atoms with Gasteiger partial charge < -0.3 is 20.3 Å². The maximum atomic E-state index is 13.7. The van der Waals surface area contributed by atoms with Crippen molar-refractivity contribution in [2.45, 2.75) is 12.8 Å². The van der Waals surface area contributed by atoms with E-state index >= 15 is 0 Å². The van der Waals surface area contributed by atoms with E-state index in [0.29, 0.717) is 5.75 Å². The Morgan fingerprint density at radius 3 is 2.06 bits per heavy atom. The summed E-state index contributed by atoms with van der Waals surface area (Å²) in [5.74, 6) is -1.71. The third kappa shape index (κ3) is 3.76. The van der Waals surface area contributed by atoms with Crippen LogP contribution in [0.2, 0.25) is 0 Å². The minimum atomic E-state index is -0.566. The Balaban J connectivity index is 2.00. The largest absolute Gasteiger partial charge is 0.497 e. The standard InChI is InChI=1S/C26H23NO7/c1-34-14-8-9-17-19(13-14)23(30)18(7-4-11-28)20(24(17)31)21-22(27-10-12-29)26(33)16-6-3-2-5-15(16)25(21)32/h2-3,5-6,8-9,13,27-29H,4,7,10-12H2,1H3. The van der Waals surface area contributed by atoms with E-state index in [1.54, 1.807) is 18.2 Å². The second-order valence-electron chi connectivity index (χ2n) is 7.85. The summed E-state index contributed by atoms with van der Waals surface area (Å²) in [5.41, 5.74) is 0.129. The predicted molar refractivity (Wildman–Crippen MR) is 122 cm³/mol. The first-order chi connectivity index (χ1) is 16.4. The van der Waals surface area contributed by atoms with Crippen LogP contribution in [0.5, 0.6) is 5.75 Å². The molecule has 174 valence electrons. The number of Topliss-reactive ketones (excluding diaryl/α,β-unsaturated/α-hetero) is 4. The minimum Gasteiger partial charge on any atom is -0.497 e. The number of aliphatic hydroxyl groups is 2. The molecule has 0 saturated carbocycles. The van der Waals surface area contributed by atoms with Crippen molar-refractivity contribution in [3.63, 3.8) is 0 Å². The number of hydrogen-bond acceptors (Lipinski definition) is 8. The van der Waals surface area contributed by atoms with Gasteiger partial charge in [-0.25, -0.2) is 0 Å². The van der Waals surface area contributed by atoms with Gasteiger partial charge in [0.25, 0.3) is 0 Å². The van der Waals surface area contributed by atoms with E-state index in [9.17, 15) is 29.4 Å². The molecule has 0 amide bonds. The molecule has 2 aliphatic carbocycles. The fourth-order valence-corrected chi connectivity index (χ4v) is 4.31. The van der Waals surface area contributed by atoms with E-state index in [2.05, 4.69) is 5.32 Å². The van der Waals surface area contributed by atoms with Crippen LogP contribution in [0.1, 0.15) is 54.3 Å². The van der Waals surface area contributed by atoms with Crippen LogP contribution in [-0.4, -0.2) is 60.2 Å². The molecule has 0 spiro atoms. The zero-order valence-electron chi connectivity index (χ0n) is 18.5. The van der Waals surface area contributed by atoms with E-state index < -0.39 is 23.1 Å². The van der Waals surface area contributed by atoms with Gasteiger partial charge >= 0.3 is 0 Å². The zero-order valence-corrected chi connectivity index (χ0v) is 18.5. The molecule has 2 aromatic rings. The van der Waals surface area contributed by atoms with Crippen molar-refractivity contribution in [2.24, 2.45) is 0 Å². The molecule has 2 aromatic carbocycles. The summed E-state index contributed by atoms with van der Waals surface area (Å²) in [5, 5.41) is 21.5. The number of benzene rings is 2. The second kappa shape index (κ2) is 9.54. The third-order valence-corrected chi connectivity index (χ3v) is 5.89. The number of fused-ring (bicyclic) bond motifs is 2. The molecule has 2 aliphatic rings. The van der Waals surface area contributed by atoms with Crippen LogP contribution < -0.4 is 10.1 Å². The Kier molecular flexibility index (Phi) is 6.54. The summed E-state index contributed by atoms with van der Waals surface area (Å²) in [7, 11) is 1.44. The molecular weight excluding hydrogens is 438 g/mol. The van der Waals surface area contributed by atoms with Gasteiger partial charge in [0, 0.05) is 46.6 Å². The molecule has 0 aromatic heterocycles. The first-order valence-corrected chi connectivity index (χ1v) is 10.8. The van der Waals surface area contributed by atoms with E-state index in [1.807, 2.05) is 0 Å². The van der Waals surface area contributed by atoms with Crippen molar-refractivity contribution in [3.05, 3.63) is 87.1 Å². The number of ether oxygens (including phenoxy) is 1. The molecule has 0 radical (unpaired) electrons. The van der Waals surface area contributed by atoms with Gasteiger partial charge in [-0.05, 0) is 31.0 Å². The number of aliphatic hydroxyl groups excluding tert-OH is 2. The van der Waals surface area contributed by atoms with Crippen LogP contribution in [-0.2, 0) is 0 Å². The molecular formula is C26H23NO7. The Labute approximate surface area is 195 Å². The molecule has 0 bridgehead atoms. The summed E-state index contributed by atoms with van der Waals surface area (Å²) in [6.07, 6.45) is 0.218. The SMILES string of the molecule is COc1ccc2c(c1)C(=O)C(CCCO)=C(C1=C(NCCO)C(=O)c3ccccc3C1=O)C2=O. The first kappa shape index (κ1) is 23.3. The molecule has 0 fully saturated rings. The van der Waals surface area contributed by atoms with Crippen LogP contribution in [0.25, 0.3) is 0 Å². The molecule has 0 aliphatic heterocycles. The molecule has 0 unspecified atom stereocenters. The maximum absolute atomic E-state index is 13.7. The van der Waals surface area contributed by atoms with Crippen LogP contribution in [0.15, 0.2) is 64.9 Å². The lowest BCUT2D eigenvalue weighted by Gasteiger charge is -2.27. The molecule has 0 saturated heterocycles. The van der Waals surface area contributed by atoms with E-state index in [0.717, 1.165) is 0 Å². The number of allylic oxidation sites excluding steroid dienone is 4. The molecule has 4 rings (SSSR count). The summed E-state index contributed by atoms with van der Waals surface area (Å²) in [6.45, 7) is -0.575. The van der Waals surface area contributed by atoms with Crippen molar-refractivity contribution in [2.75, 3.05) is 26.9 Å². The summed E-state index contributed by atoms with van der Waals surface area (Å²) >= 11 is 0. The second-order valence-corrected chi connectivity index (χ2v) is 7.85. The Hall–Kier alpha value is -3.88. The number of hydrogen-bond donors (Lipinski definition) is 3. The lowest BCUT2D eigenvalue weighted by molar-refractivity contribution is 0.0947. The normalized spacial score (nSPS) is 15.5. The Morgan fingerprint density at radius 1 is 0.765 bits per heavy atom. The first-order valence-electron chi connectivity index (χ1n) is 10.8. The molecule has 0 heterocycles. The van der Waals surface area contributed by atoms with Gasteiger partial charge in [0.1, 0.15) is 5.75 Å². The number of carbonyl (C=O) groups excluding carboxylic acids is 4. The van der Waals surface area contributed by atoms with Gasteiger partial charge in [0.15, 0.2) is 17.3 Å². The predicted octanol–water partition coefficient (Wildman–Crippen LogP) is 2.06. The molecule has 34 heavy (non-hydrogen) atoms. The highest BCUT2D eigenvalue weighted by Gasteiger charge is 2.41. The number of rotatable bonds is 8. The van der Waals surface area contributed by atoms with Gasteiger partial charge in [-0.15, -0.1) is 0 Å². The highest BCUT2D eigenvalue weighted by Crippen LogP contribution is 2.38. The third-order valence-electron chi connectivity index (χ3n) is 5.89. The zero-order chi connectivity index (χ0) is 24.4. The number of ketones is 4. The summed E-state index contributed by atoms with van der Waals surface area (Å²) in [4.78, 5) is 54.2. The van der Waals surface area contributed by atoms with Crippen molar-refractivity contribution in [1.29, 1.82) is 0 Å². The molecule has 8 nitrogen and oxygen atoms in total. The fourth-order valence-electron chi connectivity index (χ4n) is 4.31. The van der Waals surface area contributed by atoms with Crippen molar-refractivity contribution < 1.29 is 34.1 Å². The van der Waals surface area contributed by atoms with Crippen molar-refractivity contribution in [3.8, 4) is 5.75 Å². The van der Waals surface area contributed by atoms with E-state index in [-0.39, 0.29) is 77.3 Å². The van der Waals surface area contributed by atoms with Crippen LogP contribution in [0, 0.1) is 0 Å². The molecule has 0 atom stereocenters. The summed E-state index contributed by atoms with van der Waals surface area (Å²) in [6, 6.07) is 10.7. The molecule has 8 heteroatoms. The smallest absolute Gasteiger partial charge is 0.210 e. The van der Waals surface area contributed by atoms with E-state index in [4.69, 9.17) is 4.74 Å². The maximum Gasteiger partial charge on any atom is 0.210 e. The Bertz CT molecular complexity index is 1290. The van der Waals surface area contributed by atoms with Gasteiger partial charge in [0.05, 0.1) is 25.0 Å².